The predicted octanol–water partition coefficient (Wildman–Crippen LogP) is 0.876. The van der Waals surface area contributed by atoms with Gasteiger partial charge in [-0.15, -0.1) is 0 Å². The number of hydrogen-bond acceptors (Lipinski definition) is 7. The molecule has 0 aliphatic carbocycles. The van der Waals surface area contributed by atoms with Crippen molar-refractivity contribution < 1.29 is 34.1 Å². The molecule has 30 heavy (non-hydrogen) atoms. The number of phenolic OH excluding ortho intramolecular Hbond substituents is 1. The van der Waals surface area contributed by atoms with E-state index < -0.39 is 48.1 Å². The van der Waals surface area contributed by atoms with Gasteiger partial charge in [-0.25, -0.2) is 9.69 Å². The summed E-state index contributed by atoms with van der Waals surface area (Å²) in [6.45, 7) is 5.21. The SMILES string of the molecule is CN[C@@H](Cc1ccc(O)cc1)C(=O)N[C@H](C)C(=O)N(CC(=O)O)C(=O)OC(C)(C)C. The third-order valence-corrected chi connectivity index (χ3v) is 3.94. The normalized spacial score (nSPS) is 13.1. The summed E-state index contributed by atoms with van der Waals surface area (Å²) in [5.74, 6) is -2.71. The standard InChI is InChI=1S/C20H29N3O7/c1-12(18(28)23(11-16(25)26)19(29)30-20(2,3)4)22-17(27)15(21-5)10-13-6-8-14(24)9-7-13/h6-9,12,15,21,24H,10-11H2,1-5H3,(H,22,27)(H,25,26)/t12-,15+/m1/s1. The lowest BCUT2D eigenvalue weighted by molar-refractivity contribution is -0.145. The van der Waals surface area contributed by atoms with E-state index >= 15 is 0 Å². The Morgan fingerprint density at radius 3 is 2.17 bits per heavy atom. The molecule has 3 amide bonds. The molecule has 1 aromatic rings. The number of aliphatic carboxylic acids is 1. The molecule has 0 fully saturated rings. The van der Waals surface area contributed by atoms with E-state index in [0.29, 0.717) is 4.90 Å². The molecule has 0 saturated carbocycles. The van der Waals surface area contributed by atoms with E-state index in [0.717, 1.165) is 5.56 Å². The minimum Gasteiger partial charge on any atom is -0.508 e. The Balaban J connectivity index is 2.86. The number of imide groups is 1. The summed E-state index contributed by atoms with van der Waals surface area (Å²) in [5.41, 5.74) is -0.148. The third-order valence-electron chi connectivity index (χ3n) is 3.94. The highest BCUT2D eigenvalue weighted by atomic mass is 16.6. The monoisotopic (exact) mass is 423 g/mol. The topological polar surface area (TPSA) is 145 Å². The summed E-state index contributed by atoms with van der Waals surface area (Å²) in [7, 11) is 1.58. The molecule has 0 heterocycles. The maximum Gasteiger partial charge on any atom is 0.417 e. The molecule has 0 radical (unpaired) electrons. The van der Waals surface area contributed by atoms with Gasteiger partial charge in [0.25, 0.3) is 5.91 Å². The number of ether oxygens (including phenoxy) is 1. The molecule has 2 atom stereocenters. The first kappa shape index (κ1) is 24.9. The highest BCUT2D eigenvalue weighted by Gasteiger charge is 2.33. The number of carboxylic acid groups (broad SMARTS) is 1. The van der Waals surface area contributed by atoms with Crippen molar-refractivity contribution in [3.8, 4) is 5.75 Å². The number of nitrogens with one attached hydrogen (secondary N) is 2. The number of likely N-dealkylation sites (N-methyl/N-ethyl adjacent to an activating group) is 1. The summed E-state index contributed by atoms with van der Waals surface area (Å²) in [6, 6.07) is 4.46. The maximum atomic E-state index is 12.6. The fourth-order valence-electron chi connectivity index (χ4n) is 2.49. The van der Waals surface area contributed by atoms with E-state index in [-0.39, 0.29) is 12.2 Å². The highest BCUT2D eigenvalue weighted by Crippen LogP contribution is 2.13. The van der Waals surface area contributed by atoms with Crippen molar-refractivity contribution >= 4 is 23.9 Å². The number of carbonyl (C=O) groups excluding carboxylic acids is 3. The Bertz CT molecular complexity index is 772. The minimum atomic E-state index is -1.40. The Kier molecular flexibility index (Phi) is 8.78. The number of hydrogen-bond donors (Lipinski definition) is 4. The number of benzene rings is 1. The van der Waals surface area contributed by atoms with Crippen molar-refractivity contribution in [2.45, 2.75) is 51.8 Å². The van der Waals surface area contributed by atoms with Gasteiger partial charge in [0.15, 0.2) is 0 Å². The summed E-state index contributed by atoms with van der Waals surface area (Å²) >= 11 is 0. The van der Waals surface area contributed by atoms with Crippen molar-refractivity contribution in [2.75, 3.05) is 13.6 Å². The van der Waals surface area contributed by atoms with Crippen LogP contribution in [0.1, 0.15) is 33.3 Å². The fourth-order valence-corrected chi connectivity index (χ4v) is 2.49. The first-order valence-electron chi connectivity index (χ1n) is 9.35. The van der Waals surface area contributed by atoms with Crippen LogP contribution in [0.4, 0.5) is 4.79 Å². The van der Waals surface area contributed by atoms with Crippen LogP contribution >= 0.6 is 0 Å². The van der Waals surface area contributed by atoms with Crippen LogP contribution in [-0.4, -0.2) is 70.3 Å². The molecular formula is C20H29N3O7. The molecule has 0 saturated heterocycles. The van der Waals surface area contributed by atoms with Gasteiger partial charge in [-0.05, 0) is 58.9 Å². The van der Waals surface area contributed by atoms with E-state index in [9.17, 15) is 24.3 Å². The van der Waals surface area contributed by atoms with Crippen LogP contribution in [0, 0.1) is 0 Å². The summed E-state index contributed by atoms with van der Waals surface area (Å²) in [4.78, 5) is 49.0. The van der Waals surface area contributed by atoms with Gasteiger partial charge in [0, 0.05) is 0 Å². The first-order valence-corrected chi connectivity index (χ1v) is 9.35. The average Bonchev–Trinajstić information content (AvgIpc) is 2.63. The summed E-state index contributed by atoms with van der Waals surface area (Å²) < 4.78 is 5.09. The molecule has 0 bridgehead atoms. The van der Waals surface area contributed by atoms with E-state index in [4.69, 9.17) is 9.84 Å². The first-order chi connectivity index (χ1) is 13.8. The summed E-state index contributed by atoms with van der Waals surface area (Å²) in [5, 5.41) is 23.7. The van der Waals surface area contributed by atoms with Gasteiger partial charge in [-0.3, -0.25) is 14.4 Å². The number of amides is 3. The predicted molar refractivity (Wildman–Crippen MR) is 108 cm³/mol. The van der Waals surface area contributed by atoms with Crippen molar-refractivity contribution in [3.63, 3.8) is 0 Å². The molecule has 1 aromatic carbocycles. The smallest absolute Gasteiger partial charge is 0.417 e. The zero-order valence-electron chi connectivity index (χ0n) is 17.8. The van der Waals surface area contributed by atoms with Crippen molar-refractivity contribution in [1.82, 2.24) is 15.5 Å². The largest absolute Gasteiger partial charge is 0.508 e. The summed E-state index contributed by atoms with van der Waals surface area (Å²) in [6.07, 6.45) is -0.820. The highest BCUT2D eigenvalue weighted by molar-refractivity contribution is 5.99. The average molecular weight is 423 g/mol. The van der Waals surface area contributed by atoms with Gasteiger partial charge >= 0.3 is 12.1 Å². The maximum absolute atomic E-state index is 12.6. The number of rotatable bonds is 8. The molecule has 0 aliphatic rings. The lowest BCUT2D eigenvalue weighted by Gasteiger charge is -2.27. The molecule has 10 heteroatoms. The van der Waals surface area contributed by atoms with E-state index in [1.165, 1.54) is 19.1 Å². The van der Waals surface area contributed by atoms with Crippen LogP contribution < -0.4 is 10.6 Å². The molecular weight excluding hydrogens is 394 g/mol. The van der Waals surface area contributed by atoms with Crippen LogP contribution in [0.5, 0.6) is 5.75 Å². The Labute approximate surface area is 175 Å². The Hall–Kier alpha value is -3.14. The van der Waals surface area contributed by atoms with Crippen molar-refractivity contribution in [1.29, 1.82) is 0 Å². The van der Waals surface area contributed by atoms with E-state index in [1.54, 1.807) is 40.0 Å². The molecule has 166 valence electrons. The zero-order chi connectivity index (χ0) is 23.1. The molecule has 4 N–H and O–H groups in total. The zero-order valence-corrected chi connectivity index (χ0v) is 17.8. The van der Waals surface area contributed by atoms with Crippen LogP contribution in [0.2, 0.25) is 0 Å². The second-order valence-electron chi connectivity index (χ2n) is 7.74. The molecule has 0 spiro atoms. The molecule has 10 nitrogen and oxygen atoms in total. The van der Waals surface area contributed by atoms with Crippen molar-refractivity contribution in [3.05, 3.63) is 29.8 Å². The second kappa shape index (κ2) is 10.6. The Morgan fingerprint density at radius 2 is 1.70 bits per heavy atom. The lowest BCUT2D eigenvalue weighted by atomic mass is 10.0. The van der Waals surface area contributed by atoms with Gasteiger partial charge in [0.2, 0.25) is 5.91 Å². The number of phenols is 1. The third kappa shape index (κ3) is 8.08. The second-order valence-corrected chi connectivity index (χ2v) is 7.74. The Morgan fingerprint density at radius 1 is 1.13 bits per heavy atom. The minimum absolute atomic E-state index is 0.101. The van der Waals surface area contributed by atoms with Gasteiger partial charge < -0.3 is 25.6 Å². The van der Waals surface area contributed by atoms with Gasteiger partial charge in [0.05, 0.1) is 6.04 Å². The van der Waals surface area contributed by atoms with E-state index in [2.05, 4.69) is 10.6 Å². The van der Waals surface area contributed by atoms with Crippen LogP contribution in [0.15, 0.2) is 24.3 Å². The van der Waals surface area contributed by atoms with Crippen LogP contribution in [0.3, 0.4) is 0 Å². The van der Waals surface area contributed by atoms with Crippen LogP contribution in [0.25, 0.3) is 0 Å². The number of carboxylic acids is 1. The molecule has 0 aliphatic heterocycles. The van der Waals surface area contributed by atoms with Crippen LogP contribution in [-0.2, 0) is 25.5 Å². The molecule has 0 aromatic heterocycles. The number of carbonyl (C=O) groups is 4. The molecule has 0 unspecified atom stereocenters. The van der Waals surface area contributed by atoms with Gasteiger partial charge in [-0.2, -0.15) is 0 Å². The quantitative estimate of drug-likeness (QED) is 0.482. The van der Waals surface area contributed by atoms with Crippen molar-refractivity contribution in [2.24, 2.45) is 0 Å². The number of aromatic hydroxyl groups is 1. The van der Waals surface area contributed by atoms with Gasteiger partial charge in [-0.1, -0.05) is 12.1 Å². The fraction of sp³-hybridized carbons (Fsp3) is 0.500. The lowest BCUT2D eigenvalue weighted by Crippen LogP contribution is -2.55. The van der Waals surface area contributed by atoms with E-state index in [1.807, 2.05) is 0 Å². The molecule has 1 rings (SSSR count). The van der Waals surface area contributed by atoms with Gasteiger partial charge in [0.1, 0.15) is 23.9 Å². The number of nitrogens with zero attached hydrogens (tertiary/aromatic N) is 1.